The SMILES string of the molecule is COC(=O)C(C)n1c(=S)[nH]c2ccccc2c1=O. The van der Waals surface area contributed by atoms with Gasteiger partial charge < -0.3 is 9.72 Å². The number of rotatable bonds is 2. The molecule has 1 atom stereocenters. The summed E-state index contributed by atoms with van der Waals surface area (Å²) < 4.78 is 6.06. The predicted molar refractivity (Wildman–Crippen MR) is 70.1 cm³/mol. The first kappa shape index (κ1) is 12.5. The van der Waals surface area contributed by atoms with Gasteiger partial charge in [-0.1, -0.05) is 12.1 Å². The van der Waals surface area contributed by atoms with Crippen molar-refractivity contribution in [1.29, 1.82) is 0 Å². The van der Waals surface area contributed by atoms with E-state index in [0.29, 0.717) is 10.9 Å². The summed E-state index contributed by atoms with van der Waals surface area (Å²) in [6, 6.07) is 6.26. The highest BCUT2D eigenvalue weighted by molar-refractivity contribution is 7.71. The Hall–Kier alpha value is -1.95. The molecule has 2 rings (SSSR count). The second-order valence-corrected chi connectivity index (χ2v) is 4.24. The lowest BCUT2D eigenvalue weighted by molar-refractivity contribution is -0.144. The summed E-state index contributed by atoms with van der Waals surface area (Å²) in [5.41, 5.74) is 0.355. The lowest BCUT2D eigenvalue weighted by Gasteiger charge is -2.13. The first-order chi connectivity index (χ1) is 8.56. The smallest absolute Gasteiger partial charge is 0.328 e. The molecule has 18 heavy (non-hydrogen) atoms. The number of benzene rings is 1. The number of methoxy groups -OCH3 is 1. The Morgan fingerprint density at radius 2 is 2.11 bits per heavy atom. The van der Waals surface area contributed by atoms with E-state index in [-0.39, 0.29) is 10.3 Å². The molecule has 0 aliphatic carbocycles. The van der Waals surface area contributed by atoms with E-state index in [2.05, 4.69) is 9.72 Å². The van der Waals surface area contributed by atoms with Crippen molar-refractivity contribution in [2.24, 2.45) is 0 Å². The highest BCUT2D eigenvalue weighted by Crippen LogP contribution is 2.10. The van der Waals surface area contributed by atoms with Gasteiger partial charge in [0.1, 0.15) is 6.04 Å². The molecule has 0 saturated heterocycles. The maximum atomic E-state index is 12.3. The number of H-pyrrole nitrogens is 1. The molecule has 2 aromatic rings. The van der Waals surface area contributed by atoms with E-state index in [1.54, 1.807) is 31.2 Å². The molecule has 0 saturated carbocycles. The molecule has 1 N–H and O–H groups in total. The van der Waals surface area contributed by atoms with Gasteiger partial charge in [-0.3, -0.25) is 9.36 Å². The van der Waals surface area contributed by atoms with Crippen molar-refractivity contribution in [2.45, 2.75) is 13.0 Å². The van der Waals surface area contributed by atoms with Crippen LogP contribution in [-0.4, -0.2) is 22.6 Å². The van der Waals surface area contributed by atoms with Crippen LogP contribution in [0.1, 0.15) is 13.0 Å². The molecule has 5 nitrogen and oxygen atoms in total. The lowest BCUT2D eigenvalue weighted by Crippen LogP contribution is -2.30. The number of nitrogens with one attached hydrogen (secondary N) is 1. The molecule has 1 heterocycles. The Kier molecular flexibility index (Phi) is 3.29. The number of hydrogen-bond donors (Lipinski definition) is 1. The largest absolute Gasteiger partial charge is 0.467 e. The number of fused-ring (bicyclic) bond motifs is 1. The summed E-state index contributed by atoms with van der Waals surface area (Å²) in [6.45, 7) is 1.58. The highest BCUT2D eigenvalue weighted by Gasteiger charge is 2.19. The van der Waals surface area contributed by atoms with Crippen molar-refractivity contribution < 1.29 is 9.53 Å². The van der Waals surface area contributed by atoms with Gasteiger partial charge in [0.05, 0.1) is 18.0 Å². The summed E-state index contributed by atoms with van der Waals surface area (Å²) >= 11 is 5.11. The number of para-hydroxylation sites is 1. The van der Waals surface area contributed by atoms with Crippen LogP contribution < -0.4 is 5.56 Å². The fourth-order valence-corrected chi connectivity index (χ4v) is 2.15. The van der Waals surface area contributed by atoms with E-state index in [1.807, 2.05) is 0 Å². The van der Waals surface area contributed by atoms with E-state index in [9.17, 15) is 9.59 Å². The zero-order valence-electron chi connectivity index (χ0n) is 9.97. The quantitative estimate of drug-likeness (QED) is 0.663. The number of ether oxygens (including phenoxy) is 1. The van der Waals surface area contributed by atoms with E-state index in [4.69, 9.17) is 12.2 Å². The Labute approximate surface area is 108 Å². The van der Waals surface area contributed by atoms with Gasteiger partial charge in [0.2, 0.25) is 0 Å². The molecule has 0 bridgehead atoms. The molecule has 0 aliphatic rings. The minimum absolute atomic E-state index is 0.205. The molecule has 0 spiro atoms. The van der Waals surface area contributed by atoms with Gasteiger partial charge >= 0.3 is 5.97 Å². The number of nitrogens with zero attached hydrogens (tertiary/aromatic N) is 1. The van der Waals surface area contributed by atoms with Gasteiger partial charge in [0, 0.05) is 0 Å². The molecule has 0 fully saturated rings. The third-order valence-electron chi connectivity index (χ3n) is 2.77. The van der Waals surface area contributed by atoms with E-state index in [1.165, 1.54) is 11.7 Å². The third-order valence-corrected chi connectivity index (χ3v) is 3.07. The van der Waals surface area contributed by atoms with Crippen LogP contribution in [-0.2, 0) is 9.53 Å². The Morgan fingerprint density at radius 1 is 1.44 bits per heavy atom. The van der Waals surface area contributed by atoms with Gasteiger partial charge in [-0.05, 0) is 31.3 Å². The van der Waals surface area contributed by atoms with Crippen LogP contribution in [0.25, 0.3) is 10.9 Å². The molecule has 1 unspecified atom stereocenters. The van der Waals surface area contributed by atoms with Crippen LogP contribution in [0.2, 0.25) is 0 Å². The van der Waals surface area contributed by atoms with Crippen LogP contribution in [0.5, 0.6) is 0 Å². The molecular formula is C12H12N2O3S. The van der Waals surface area contributed by atoms with Crippen molar-refractivity contribution >= 4 is 29.1 Å². The summed E-state index contributed by atoms with van der Waals surface area (Å²) in [6.07, 6.45) is 0. The van der Waals surface area contributed by atoms with E-state index in [0.717, 1.165) is 0 Å². The highest BCUT2D eigenvalue weighted by atomic mass is 32.1. The van der Waals surface area contributed by atoms with Gasteiger partial charge in [0.25, 0.3) is 5.56 Å². The zero-order chi connectivity index (χ0) is 13.3. The van der Waals surface area contributed by atoms with Crippen molar-refractivity contribution in [3.05, 3.63) is 39.4 Å². The van der Waals surface area contributed by atoms with E-state index >= 15 is 0 Å². The van der Waals surface area contributed by atoms with Crippen molar-refractivity contribution in [3.8, 4) is 0 Å². The number of carbonyl (C=O) groups is 1. The maximum absolute atomic E-state index is 12.3. The Balaban J connectivity index is 2.76. The molecule has 0 amide bonds. The van der Waals surface area contributed by atoms with E-state index < -0.39 is 12.0 Å². The van der Waals surface area contributed by atoms with Crippen LogP contribution in [0.4, 0.5) is 0 Å². The molecule has 1 aromatic heterocycles. The Morgan fingerprint density at radius 3 is 2.78 bits per heavy atom. The van der Waals surface area contributed by atoms with Crippen LogP contribution in [0.3, 0.4) is 0 Å². The lowest BCUT2D eigenvalue weighted by atomic mass is 10.2. The predicted octanol–water partition coefficient (Wildman–Crippen LogP) is 1.79. The number of hydrogen-bond acceptors (Lipinski definition) is 4. The molecular weight excluding hydrogens is 252 g/mol. The summed E-state index contributed by atoms with van der Waals surface area (Å²) in [4.78, 5) is 26.7. The fraction of sp³-hybridized carbons (Fsp3) is 0.250. The average molecular weight is 264 g/mol. The van der Waals surface area contributed by atoms with Gasteiger partial charge in [0.15, 0.2) is 4.77 Å². The zero-order valence-corrected chi connectivity index (χ0v) is 10.8. The minimum Gasteiger partial charge on any atom is -0.467 e. The number of carbonyl (C=O) groups excluding carboxylic acids is 1. The summed E-state index contributed by atoms with van der Waals surface area (Å²) in [7, 11) is 1.28. The minimum atomic E-state index is -0.754. The maximum Gasteiger partial charge on any atom is 0.328 e. The van der Waals surface area contributed by atoms with Gasteiger partial charge in [-0.25, -0.2) is 4.79 Å². The first-order valence-electron chi connectivity index (χ1n) is 5.37. The van der Waals surface area contributed by atoms with Crippen molar-refractivity contribution in [3.63, 3.8) is 0 Å². The van der Waals surface area contributed by atoms with Crippen LogP contribution in [0, 0.1) is 4.77 Å². The first-order valence-corrected chi connectivity index (χ1v) is 5.78. The summed E-state index contributed by atoms with van der Waals surface area (Å²) in [5, 5.41) is 0.488. The number of aromatic nitrogens is 2. The number of aromatic amines is 1. The van der Waals surface area contributed by atoms with Crippen LogP contribution in [0.15, 0.2) is 29.1 Å². The van der Waals surface area contributed by atoms with Crippen molar-refractivity contribution in [2.75, 3.05) is 7.11 Å². The normalized spacial score (nSPS) is 12.3. The standard InChI is InChI=1S/C12H12N2O3S/c1-7(11(16)17-2)14-10(15)8-5-3-4-6-9(8)13-12(14)18/h3-7H,1-2H3,(H,13,18). The van der Waals surface area contributed by atoms with Crippen molar-refractivity contribution in [1.82, 2.24) is 9.55 Å². The fourth-order valence-electron chi connectivity index (χ4n) is 1.80. The van der Waals surface area contributed by atoms with Crippen LogP contribution >= 0.6 is 12.2 Å². The van der Waals surface area contributed by atoms with Gasteiger partial charge in [-0.15, -0.1) is 0 Å². The Bertz CT molecular complexity index is 717. The monoisotopic (exact) mass is 264 g/mol. The number of esters is 1. The second kappa shape index (κ2) is 4.73. The molecule has 6 heteroatoms. The molecule has 1 aromatic carbocycles. The van der Waals surface area contributed by atoms with Gasteiger partial charge in [-0.2, -0.15) is 0 Å². The topological polar surface area (TPSA) is 64.1 Å². The average Bonchev–Trinajstić information content (AvgIpc) is 2.37. The summed E-state index contributed by atoms with van der Waals surface area (Å²) in [5.74, 6) is -0.508. The molecule has 94 valence electrons. The molecule has 0 aliphatic heterocycles. The second-order valence-electron chi connectivity index (χ2n) is 3.85. The molecule has 0 radical (unpaired) electrons. The third kappa shape index (κ3) is 1.95.